The van der Waals surface area contributed by atoms with E-state index in [1.165, 1.54) is 29.0 Å². The summed E-state index contributed by atoms with van der Waals surface area (Å²) in [5.41, 5.74) is 1.40. The number of carbonyl (C=O) groups excluding carboxylic acids is 1. The van der Waals surface area contributed by atoms with Crippen molar-refractivity contribution in [1.29, 1.82) is 0 Å². The summed E-state index contributed by atoms with van der Waals surface area (Å²) in [4.78, 5) is 17.1. The third-order valence-corrected chi connectivity index (χ3v) is 7.04. The Morgan fingerprint density at radius 1 is 1.33 bits per heavy atom. The van der Waals surface area contributed by atoms with E-state index in [1.54, 1.807) is 11.3 Å². The van der Waals surface area contributed by atoms with E-state index in [1.807, 2.05) is 30.8 Å². The van der Waals surface area contributed by atoms with Gasteiger partial charge in [0.25, 0.3) is 5.91 Å². The largest absolute Gasteiger partial charge is 0.338 e. The molecule has 1 fully saturated rings. The van der Waals surface area contributed by atoms with Gasteiger partial charge in [0.1, 0.15) is 0 Å². The van der Waals surface area contributed by atoms with Gasteiger partial charge in [-0.2, -0.15) is 11.8 Å². The van der Waals surface area contributed by atoms with Gasteiger partial charge in [-0.3, -0.25) is 4.79 Å². The van der Waals surface area contributed by atoms with Gasteiger partial charge in [0, 0.05) is 29.8 Å². The highest BCUT2D eigenvalue weighted by atomic mass is 32.2. The molecular formula is C16H24N2OS2. The molecule has 3 nitrogen and oxygen atoms in total. The Kier molecular flexibility index (Phi) is 4.92. The summed E-state index contributed by atoms with van der Waals surface area (Å²) in [5.74, 6) is 2.51. The lowest BCUT2D eigenvalue weighted by Gasteiger charge is -2.34. The molecule has 0 radical (unpaired) electrons. The molecule has 0 atom stereocenters. The van der Waals surface area contributed by atoms with Crippen LogP contribution < -0.4 is 5.32 Å². The first-order valence-corrected chi connectivity index (χ1v) is 9.80. The van der Waals surface area contributed by atoms with Crippen LogP contribution in [-0.2, 0) is 12.2 Å². The van der Waals surface area contributed by atoms with Crippen molar-refractivity contribution in [3.8, 4) is 0 Å². The van der Waals surface area contributed by atoms with E-state index >= 15 is 0 Å². The molecule has 1 saturated carbocycles. The summed E-state index contributed by atoms with van der Waals surface area (Å²) in [5, 5.41) is 3.35. The van der Waals surface area contributed by atoms with E-state index in [2.05, 4.69) is 11.4 Å². The van der Waals surface area contributed by atoms with Crippen molar-refractivity contribution in [3.05, 3.63) is 21.4 Å². The number of aryl methyl sites for hydroxylation is 1. The number of fused-ring (bicyclic) bond motifs is 1. The second-order valence-corrected chi connectivity index (χ2v) is 8.31. The van der Waals surface area contributed by atoms with Gasteiger partial charge < -0.3 is 10.2 Å². The molecule has 1 N–H and O–H groups in total. The third-order valence-electron chi connectivity index (χ3n) is 4.81. The predicted octanol–water partition coefficient (Wildman–Crippen LogP) is 3.14. The van der Waals surface area contributed by atoms with Crippen LogP contribution in [0.5, 0.6) is 0 Å². The Hall–Kier alpha value is -0.520. The minimum Gasteiger partial charge on any atom is -0.338 e. The minimum atomic E-state index is 0.229. The van der Waals surface area contributed by atoms with E-state index in [9.17, 15) is 4.79 Å². The van der Waals surface area contributed by atoms with Crippen LogP contribution in [0.25, 0.3) is 0 Å². The molecule has 116 valence electrons. The molecule has 0 aromatic carbocycles. The highest BCUT2D eigenvalue weighted by Crippen LogP contribution is 2.33. The molecular weight excluding hydrogens is 300 g/mol. The average Bonchev–Trinajstić information content (AvgIpc) is 2.97. The van der Waals surface area contributed by atoms with Gasteiger partial charge in [0.15, 0.2) is 0 Å². The van der Waals surface area contributed by atoms with Gasteiger partial charge in [-0.1, -0.05) is 0 Å². The molecule has 2 heterocycles. The first-order valence-electron chi connectivity index (χ1n) is 7.82. The smallest absolute Gasteiger partial charge is 0.263 e. The van der Waals surface area contributed by atoms with Gasteiger partial charge >= 0.3 is 0 Å². The van der Waals surface area contributed by atoms with E-state index in [4.69, 9.17) is 0 Å². The van der Waals surface area contributed by atoms with Crippen LogP contribution in [-0.4, -0.2) is 42.7 Å². The molecule has 5 heteroatoms. The second-order valence-electron chi connectivity index (χ2n) is 6.07. The molecule has 1 aliphatic carbocycles. The van der Waals surface area contributed by atoms with Crippen LogP contribution in [0.3, 0.4) is 0 Å². The fourth-order valence-electron chi connectivity index (χ4n) is 3.34. The fraction of sp³-hybridized carbons (Fsp3) is 0.688. The molecule has 2 aliphatic rings. The number of rotatable bonds is 3. The van der Waals surface area contributed by atoms with Crippen molar-refractivity contribution in [2.75, 3.05) is 19.8 Å². The van der Waals surface area contributed by atoms with Crippen molar-refractivity contribution >= 4 is 29.0 Å². The quantitative estimate of drug-likeness (QED) is 0.927. The van der Waals surface area contributed by atoms with E-state index in [-0.39, 0.29) is 5.91 Å². The molecule has 3 rings (SSSR count). The lowest BCUT2D eigenvalue weighted by atomic mass is 9.90. The lowest BCUT2D eigenvalue weighted by Crippen LogP contribution is -2.42. The predicted molar refractivity (Wildman–Crippen MR) is 91.4 cm³/mol. The topological polar surface area (TPSA) is 32.3 Å². The third kappa shape index (κ3) is 3.30. The van der Waals surface area contributed by atoms with Crippen molar-refractivity contribution in [2.24, 2.45) is 0 Å². The number of hydrogen-bond acceptors (Lipinski definition) is 4. The Morgan fingerprint density at radius 2 is 2.10 bits per heavy atom. The standard InChI is InChI=1S/C16H24N2OS2/c1-17-12-3-5-13(6-4-12)18(2)16(19)15-9-11-10-20-8-7-14(11)21-15/h9,12-13,17H,3-8,10H2,1-2H3. The minimum absolute atomic E-state index is 0.229. The molecule has 1 amide bonds. The summed E-state index contributed by atoms with van der Waals surface area (Å²) >= 11 is 3.70. The summed E-state index contributed by atoms with van der Waals surface area (Å²) in [7, 11) is 4.02. The van der Waals surface area contributed by atoms with Crippen molar-refractivity contribution in [1.82, 2.24) is 10.2 Å². The molecule has 1 aromatic heterocycles. The molecule has 1 aliphatic heterocycles. The van der Waals surface area contributed by atoms with Crippen LogP contribution in [0.15, 0.2) is 6.07 Å². The average molecular weight is 325 g/mol. The highest BCUT2D eigenvalue weighted by molar-refractivity contribution is 7.98. The van der Waals surface area contributed by atoms with Crippen LogP contribution in [0.2, 0.25) is 0 Å². The number of thioether (sulfide) groups is 1. The number of carbonyl (C=O) groups is 1. The monoisotopic (exact) mass is 324 g/mol. The fourth-order valence-corrected chi connectivity index (χ4v) is 5.70. The number of amides is 1. The van der Waals surface area contributed by atoms with Crippen molar-refractivity contribution in [3.63, 3.8) is 0 Å². The maximum absolute atomic E-state index is 12.7. The highest BCUT2D eigenvalue weighted by Gasteiger charge is 2.28. The lowest BCUT2D eigenvalue weighted by molar-refractivity contribution is 0.0690. The molecule has 21 heavy (non-hydrogen) atoms. The normalized spacial score (nSPS) is 25.4. The molecule has 0 bridgehead atoms. The molecule has 1 aromatic rings. The SMILES string of the molecule is CNC1CCC(N(C)C(=O)c2cc3c(s2)CCSC3)CC1. The molecule has 0 saturated heterocycles. The number of nitrogens with zero attached hydrogens (tertiary/aromatic N) is 1. The zero-order valence-electron chi connectivity index (χ0n) is 12.9. The van der Waals surface area contributed by atoms with Crippen LogP contribution in [0, 0.1) is 0 Å². The Labute approximate surface area is 135 Å². The summed E-state index contributed by atoms with van der Waals surface area (Å²) < 4.78 is 0. The number of hydrogen-bond donors (Lipinski definition) is 1. The van der Waals surface area contributed by atoms with Gasteiger partial charge in [-0.15, -0.1) is 11.3 Å². The van der Waals surface area contributed by atoms with Crippen LogP contribution in [0.1, 0.15) is 45.8 Å². The maximum Gasteiger partial charge on any atom is 0.263 e. The molecule has 0 spiro atoms. The van der Waals surface area contributed by atoms with E-state index in [0.717, 1.165) is 29.9 Å². The first-order chi connectivity index (χ1) is 10.2. The summed E-state index contributed by atoms with van der Waals surface area (Å²) in [6.07, 6.45) is 5.73. The second kappa shape index (κ2) is 6.71. The number of nitrogens with one attached hydrogen (secondary N) is 1. The zero-order chi connectivity index (χ0) is 14.8. The summed E-state index contributed by atoms with van der Waals surface area (Å²) in [6, 6.07) is 3.19. The van der Waals surface area contributed by atoms with E-state index in [0.29, 0.717) is 12.1 Å². The number of thiophene rings is 1. The maximum atomic E-state index is 12.7. The zero-order valence-corrected chi connectivity index (χ0v) is 14.5. The Balaban J connectivity index is 1.66. The van der Waals surface area contributed by atoms with E-state index < -0.39 is 0 Å². The van der Waals surface area contributed by atoms with Crippen molar-refractivity contribution < 1.29 is 4.79 Å². The van der Waals surface area contributed by atoms with Crippen molar-refractivity contribution in [2.45, 2.75) is 49.9 Å². The van der Waals surface area contributed by atoms with Crippen LogP contribution in [0.4, 0.5) is 0 Å². The van der Waals surface area contributed by atoms with Gasteiger partial charge in [0.2, 0.25) is 0 Å². The van der Waals surface area contributed by atoms with Gasteiger partial charge in [-0.05, 0) is 56.5 Å². The summed E-state index contributed by atoms with van der Waals surface area (Å²) in [6.45, 7) is 0. The Morgan fingerprint density at radius 3 is 2.76 bits per heavy atom. The Bertz CT molecular complexity index is 483. The van der Waals surface area contributed by atoms with Gasteiger partial charge in [0.05, 0.1) is 4.88 Å². The van der Waals surface area contributed by atoms with Crippen LogP contribution >= 0.6 is 23.1 Å². The first kappa shape index (κ1) is 15.4. The van der Waals surface area contributed by atoms with Gasteiger partial charge in [-0.25, -0.2) is 0 Å². The molecule has 0 unspecified atom stereocenters.